The first-order valence-corrected chi connectivity index (χ1v) is 10.2. The van der Waals surface area contributed by atoms with E-state index in [2.05, 4.69) is 20.1 Å². The Bertz CT molecular complexity index is 1330. The van der Waals surface area contributed by atoms with Crippen LogP contribution in [0.5, 0.6) is 5.75 Å². The van der Waals surface area contributed by atoms with Gasteiger partial charge in [0.05, 0.1) is 11.3 Å². The Morgan fingerprint density at radius 3 is 2.77 bits per heavy atom. The predicted molar refractivity (Wildman–Crippen MR) is 111 cm³/mol. The van der Waals surface area contributed by atoms with Gasteiger partial charge in [0, 0.05) is 5.56 Å². The largest absolute Gasteiger partial charge is 0.484 e. The van der Waals surface area contributed by atoms with Crippen molar-refractivity contribution in [1.82, 2.24) is 20.1 Å². The van der Waals surface area contributed by atoms with Crippen LogP contribution in [0.15, 0.2) is 63.0 Å². The Morgan fingerprint density at radius 2 is 2.03 bits per heavy atom. The molecule has 0 unspecified atom stereocenters. The number of halogens is 1. The zero-order valence-electron chi connectivity index (χ0n) is 16.1. The van der Waals surface area contributed by atoms with Gasteiger partial charge in [0.25, 0.3) is 11.4 Å². The molecule has 0 saturated heterocycles. The maximum Gasteiger partial charge on any atom is 0.270 e. The molecule has 8 nitrogen and oxygen atoms in total. The van der Waals surface area contributed by atoms with Crippen molar-refractivity contribution in [3.63, 3.8) is 0 Å². The van der Waals surface area contributed by atoms with Crippen LogP contribution in [0.1, 0.15) is 11.5 Å². The summed E-state index contributed by atoms with van der Waals surface area (Å²) in [4.78, 5) is 23.2. The lowest BCUT2D eigenvalue weighted by molar-refractivity contribution is 0.243. The average Bonchev–Trinajstić information content (AvgIpc) is 3.27. The van der Waals surface area contributed by atoms with Crippen molar-refractivity contribution in [2.24, 2.45) is 0 Å². The molecule has 0 aliphatic heterocycles. The van der Waals surface area contributed by atoms with Crippen molar-refractivity contribution in [3.05, 3.63) is 76.2 Å². The van der Waals surface area contributed by atoms with Crippen molar-refractivity contribution < 1.29 is 13.7 Å². The van der Waals surface area contributed by atoms with E-state index in [4.69, 9.17) is 9.26 Å². The van der Waals surface area contributed by atoms with E-state index < -0.39 is 11.4 Å². The quantitative estimate of drug-likeness (QED) is 0.359. The average molecular weight is 435 g/mol. The minimum absolute atomic E-state index is 0.0134. The molecule has 0 saturated carbocycles. The summed E-state index contributed by atoms with van der Waals surface area (Å²) >= 11 is 1.22. The van der Waals surface area contributed by atoms with E-state index in [0.29, 0.717) is 16.5 Å². The summed E-state index contributed by atoms with van der Waals surface area (Å²) < 4.78 is 25.2. The lowest BCUT2D eigenvalue weighted by Crippen LogP contribution is -2.14. The summed E-state index contributed by atoms with van der Waals surface area (Å²) in [6.07, 6.45) is 1.74. The van der Waals surface area contributed by atoms with E-state index in [0.717, 1.165) is 0 Å². The first-order valence-electron chi connectivity index (χ1n) is 8.98. The van der Waals surface area contributed by atoms with Gasteiger partial charge >= 0.3 is 0 Å². The number of nitriles is 1. The molecule has 0 atom stereocenters. The highest BCUT2D eigenvalue weighted by Crippen LogP contribution is 2.28. The minimum atomic E-state index is -0.589. The molecular weight excluding hydrogens is 421 g/mol. The maximum atomic E-state index is 14.5. The van der Waals surface area contributed by atoms with E-state index in [-0.39, 0.29) is 35.1 Å². The van der Waals surface area contributed by atoms with Crippen molar-refractivity contribution >= 4 is 11.8 Å². The fourth-order valence-corrected chi connectivity index (χ4v) is 3.17. The third kappa shape index (κ3) is 4.31. The van der Waals surface area contributed by atoms with Gasteiger partial charge < -0.3 is 14.2 Å². The van der Waals surface area contributed by atoms with Gasteiger partial charge in [-0.25, -0.2) is 9.37 Å². The van der Waals surface area contributed by atoms with Crippen molar-refractivity contribution in [3.8, 4) is 34.5 Å². The number of H-pyrrole nitrogens is 1. The predicted octanol–water partition coefficient (Wildman–Crippen LogP) is 3.80. The second-order valence-corrected chi connectivity index (χ2v) is 7.01. The standard InChI is InChI=1S/C21H14FN5O3S/c1-31-21-25-18(15(10-23)20(28)26-21)12-7-8-16(22)14(9-12)19-24-17(30-27-19)11-29-13-5-3-2-4-6-13/h2-9H,11H2,1H3,(H,25,26,28). The van der Waals surface area contributed by atoms with Crippen LogP contribution in [0.4, 0.5) is 4.39 Å². The molecule has 0 radical (unpaired) electrons. The van der Waals surface area contributed by atoms with Gasteiger partial charge in [0.1, 0.15) is 23.2 Å². The highest BCUT2D eigenvalue weighted by Gasteiger charge is 2.18. The number of nitrogens with one attached hydrogen (secondary N) is 1. The second kappa shape index (κ2) is 8.81. The van der Waals surface area contributed by atoms with Crippen LogP contribution in [-0.4, -0.2) is 26.4 Å². The van der Waals surface area contributed by atoms with Crippen LogP contribution in [0.25, 0.3) is 22.6 Å². The van der Waals surface area contributed by atoms with Crippen LogP contribution >= 0.6 is 11.8 Å². The summed E-state index contributed by atoms with van der Waals surface area (Å²) in [7, 11) is 0. The third-order valence-electron chi connectivity index (χ3n) is 4.26. The summed E-state index contributed by atoms with van der Waals surface area (Å²) in [5.41, 5.74) is -0.166. The van der Waals surface area contributed by atoms with Gasteiger partial charge in [-0.2, -0.15) is 10.2 Å². The third-order valence-corrected chi connectivity index (χ3v) is 4.84. The van der Waals surface area contributed by atoms with Gasteiger partial charge in [-0.3, -0.25) is 4.79 Å². The molecule has 1 N–H and O–H groups in total. The van der Waals surface area contributed by atoms with Crippen LogP contribution < -0.4 is 10.3 Å². The number of thioether (sulfide) groups is 1. The lowest BCUT2D eigenvalue weighted by Gasteiger charge is -2.07. The zero-order chi connectivity index (χ0) is 21.8. The van der Waals surface area contributed by atoms with E-state index >= 15 is 0 Å². The Balaban J connectivity index is 1.67. The van der Waals surface area contributed by atoms with E-state index in [1.54, 1.807) is 18.4 Å². The maximum absolute atomic E-state index is 14.5. The van der Waals surface area contributed by atoms with Crippen LogP contribution in [0.3, 0.4) is 0 Å². The number of aromatic amines is 1. The highest BCUT2D eigenvalue weighted by atomic mass is 32.2. The number of benzene rings is 2. The minimum Gasteiger partial charge on any atom is -0.484 e. The van der Waals surface area contributed by atoms with Crippen LogP contribution in [0.2, 0.25) is 0 Å². The Hall–Kier alpha value is -3.97. The number of hydrogen-bond donors (Lipinski definition) is 1. The fourth-order valence-electron chi connectivity index (χ4n) is 2.79. The van der Waals surface area contributed by atoms with E-state index in [1.165, 1.54) is 30.0 Å². The number of nitrogens with zero attached hydrogens (tertiary/aromatic N) is 4. The molecule has 2 heterocycles. The number of aromatic nitrogens is 4. The number of para-hydroxylation sites is 1. The van der Waals surface area contributed by atoms with Gasteiger partial charge in [-0.1, -0.05) is 35.1 Å². The van der Waals surface area contributed by atoms with Gasteiger partial charge in [-0.15, -0.1) is 0 Å². The molecule has 0 fully saturated rings. The number of rotatable bonds is 6. The van der Waals surface area contributed by atoms with Crippen LogP contribution in [0, 0.1) is 17.1 Å². The first kappa shape index (κ1) is 20.3. The fraction of sp³-hybridized carbons (Fsp3) is 0.0952. The first-order chi connectivity index (χ1) is 15.1. The molecule has 4 aromatic rings. The van der Waals surface area contributed by atoms with Crippen molar-refractivity contribution in [2.75, 3.05) is 6.26 Å². The lowest BCUT2D eigenvalue weighted by atomic mass is 10.0. The van der Waals surface area contributed by atoms with Crippen LogP contribution in [-0.2, 0) is 6.61 Å². The molecule has 0 amide bonds. The second-order valence-electron chi connectivity index (χ2n) is 6.22. The molecule has 2 aromatic heterocycles. The number of ether oxygens (including phenoxy) is 1. The van der Waals surface area contributed by atoms with E-state index in [1.807, 2.05) is 24.3 Å². The monoisotopic (exact) mass is 435 g/mol. The molecule has 154 valence electrons. The zero-order valence-corrected chi connectivity index (χ0v) is 16.9. The van der Waals surface area contributed by atoms with Gasteiger partial charge in [-0.05, 0) is 36.6 Å². The highest BCUT2D eigenvalue weighted by molar-refractivity contribution is 7.98. The summed E-state index contributed by atoms with van der Waals surface area (Å²) in [5.74, 6) is 0.220. The molecule has 2 aromatic carbocycles. The molecule has 0 bridgehead atoms. The smallest absolute Gasteiger partial charge is 0.270 e. The van der Waals surface area contributed by atoms with Gasteiger partial charge in [0.2, 0.25) is 5.82 Å². The summed E-state index contributed by atoms with van der Waals surface area (Å²) in [6, 6.07) is 15.0. The van der Waals surface area contributed by atoms with E-state index in [9.17, 15) is 14.4 Å². The molecule has 10 heteroatoms. The molecular formula is C21H14FN5O3S. The molecule has 31 heavy (non-hydrogen) atoms. The molecule has 4 rings (SSSR count). The molecule has 0 aliphatic carbocycles. The van der Waals surface area contributed by atoms with Gasteiger partial charge in [0.15, 0.2) is 11.8 Å². The Kier molecular flexibility index (Phi) is 5.77. The Morgan fingerprint density at radius 1 is 1.23 bits per heavy atom. The Labute approximate surface area is 179 Å². The van der Waals surface area contributed by atoms with Crippen molar-refractivity contribution in [1.29, 1.82) is 5.26 Å². The summed E-state index contributed by atoms with van der Waals surface area (Å²) in [5, 5.41) is 13.5. The molecule has 0 spiro atoms. The normalized spacial score (nSPS) is 10.6. The molecule has 0 aliphatic rings. The number of hydrogen-bond acceptors (Lipinski definition) is 8. The SMILES string of the molecule is CSc1nc(-c2ccc(F)c(-c3noc(COc4ccccc4)n3)c2)c(C#N)c(=O)[nH]1. The van der Waals surface area contributed by atoms with Crippen molar-refractivity contribution in [2.45, 2.75) is 11.8 Å². The topological polar surface area (TPSA) is 118 Å². The summed E-state index contributed by atoms with van der Waals surface area (Å²) in [6.45, 7) is 0.0175.